The maximum Gasteiger partial charge on any atom is 0.191 e. The first-order chi connectivity index (χ1) is 11.6. The molecule has 0 aliphatic rings. The summed E-state index contributed by atoms with van der Waals surface area (Å²) in [6.07, 6.45) is 3.06. The van der Waals surface area contributed by atoms with E-state index in [0.717, 1.165) is 54.1 Å². The molecule has 0 aliphatic carbocycles. The van der Waals surface area contributed by atoms with Crippen LogP contribution in [0.2, 0.25) is 0 Å². The van der Waals surface area contributed by atoms with E-state index in [2.05, 4.69) is 45.4 Å². The number of ether oxygens (including phenoxy) is 1. The molecule has 1 unspecified atom stereocenters. The molecule has 1 rings (SSSR count). The highest BCUT2D eigenvalue weighted by atomic mass is 79.9. The summed E-state index contributed by atoms with van der Waals surface area (Å²) in [6.45, 7) is 6.70. The van der Waals surface area contributed by atoms with Crippen molar-refractivity contribution in [3.63, 3.8) is 0 Å². The zero-order valence-corrected chi connectivity index (χ0v) is 16.5. The fourth-order valence-corrected chi connectivity index (χ4v) is 3.09. The molecule has 0 bridgehead atoms. The second-order valence-electron chi connectivity index (χ2n) is 5.71. The van der Waals surface area contributed by atoms with Crippen molar-refractivity contribution < 1.29 is 9.84 Å². The Bertz CT molecular complexity index is 503. The molecule has 0 saturated heterocycles. The highest BCUT2D eigenvalue weighted by Gasteiger charge is 2.08. The van der Waals surface area contributed by atoms with Crippen LogP contribution in [0.5, 0.6) is 5.75 Å². The van der Waals surface area contributed by atoms with Gasteiger partial charge in [-0.1, -0.05) is 19.4 Å². The molecule has 0 spiro atoms. The molecule has 136 valence electrons. The highest BCUT2D eigenvalue weighted by molar-refractivity contribution is 9.10. The van der Waals surface area contributed by atoms with E-state index in [9.17, 15) is 0 Å². The van der Waals surface area contributed by atoms with E-state index in [0.29, 0.717) is 12.5 Å². The molecule has 5 nitrogen and oxygen atoms in total. The lowest BCUT2D eigenvalue weighted by atomic mass is 10.0. The van der Waals surface area contributed by atoms with E-state index >= 15 is 0 Å². The molecular formula is C18H30BrN3O2. The average molecular weight is 400 g/mol. The van der Waals surface area contributed by atoms with Crippen LogP contribution in [0.3, 0.4) is 0 Å². The van der Waals surface area contributed by atoms with Crippen LogP contribution in [-0.4, -0.2) is 37.9 Å². The van der Waals surface area contributed by atoms with Crippen LogP contribution in [0.25, 0.3) is 0 Å². The third-order valence-corrected chi connectivity index (χ3v) is 4.39. The van der Waals surface area contributed by atoms with E-state index in [1.807, 2.05) is 18.2 Å². The lowest BCUT2D eigenvalue weighted by Crippen LogP contribution is -2.40. The molecule has 0 heterocycles. The minimum Gasteiger partial charge on any atom is -0.496 e. The van der Waals surface area contributed by atoms with Crippen LogP contribution < -0.4 is 15.4 Å². The number of guanidine groups is 1. The molecule has 0 fully saturated rings. The van der Waals surface area contributed by atoms with E-state index in [-0.39, 0.29) is 6.61 Å². The maximum atomic E-state index is 9.16. The Morgan fingerprint density at radius 1 is 1.29 bits per heavy atom. The summed E-state index contributed by atoms with van der Waals surface area (Å²) in [6, 6.07) is 5.98. The molecule has 0 aliphatic heterocycles. The number of halogens is 1. The van der Waals surface area contributed by atoms with Gasteiger partial charge >= 0.3 is 0 Å². The van der Waals surface area contributed by atoms with Crippen molar-refractivity contribution in [2.24, 2.45) is 10.9 Å². The van der Waals surface area contributed by atoms with Gasteiger partial charge in [0.2, 0.25) is 0 Å². The van der Waals surface area contributed by atoms with Crippen molar-refractivity contribution in [2.45, 2.75) is 39.7 Å². The standard InChI is InChI=1S/C18H30BrN3O2/c1-4-6-14(9-10-23)12-21-18(20-5-2)22-13-15-7-8-17(24-3)16(19)11-15/h7-8,11,14,23H,4-6,9-10,12-13H2,1-3H3,(H2,20,21,22). The quantitative estimate of drug-likeness (QED) is 0.417. The summed E-state index contributed by atoms with van der Waals surface area (Å²) < 4.78 is 6.18. The predicted octanol–water partition coefficient (Wildman–Crippen LogP) is 3.31. The van der Waals surface area contributed by atoms with Crippen molar-refractivity contribution in [3.8, 4) is 5.75 Å². The maximum absolute atomic E-state index is 9.16. The van der Waals surface area contributed by atoms with Crippen LogP contribution in [0, 0.1) is 5.92 Å². The molecule has 0 saturated carbocycles. The molecule has 1 aromatic carbocycles. The minimum absolute atomic E-state index is 0.236. The lowest BCUT2D eigenvalue weighted by Gasteiger charge is -2.18. The van der Waals surface area contributed by atoms with E-state index in [4.69, 9.17) is 9.84 Å². The van der Waals surface area contributed by atoms with Gasteiger partial charge < -0.3 is 20.5 Å². The first-order valence-electron chi connectivity index (χ1n) is 8.60. The van der Waals surface area contributed by atoms with Gasteiger partial charge in [-0.05, 0) is 59.3 Å². The molecule has 3 N–H and O–H groups in total. The normalized spacial score (nSPS) is 12.8. The average Bonchev–Trinajstić information content (AvgIpc) is 2.57. The zero-order chi connectivity index (χ0) is 17.8. The van der Waals surface area contributed by atoms with Crippen molar-refractivity contribution >= 4 is 21.9 Å². The topological polar surface area (TPSA) is 65.9 Å². The summed E-state index contributed by atoms with van der Waals surface area (Å²) >= 11 is 3.50. The van der Waals surface area contributed by atoms with Crippen molar-refractivity contribution in [2.75, 3.05) is 26.8 Å². The first kappa shape index (κ1) is 20.8. The fourth-order valence-electron chi connectivity index (χ4n) is 2.50. The molecule has 0 aromatic heterocycles. The fraction of sp³-hybridized carbons (Fsp3) is 0.611. The smallest absolute Gasteiger partial charge is 0.191 e. The van der Waals surface area contributed by atoms with Gasteiger partial charge in [0.05, 0.1) is 18.1 Å². The summed E-state index contributed by atoms with van der Waals surface area (Å²) in [5, 5.41) is 15.8. The van der Waals surface area contributed by atoms with Crippen molar-refractivity contribution in [1.82, 2.24) is 10.6 Å². The van der Waals surface area contributed by atoms with Crippen LogP contribution in [0.1, 0.15) is 38.7 Å². The van der Waals surface area contributed by atoms with Gasteiger partial charge in [0, 0.05) is 19.7 Å². The first-order valence-corrected chi connectivity index (χ1v) is 9.39. The summed E-state index contributed by atoms with van der Waals surface area (Å²) in [4.78, 5) is 4.64. The highest BCUT2D eigenvalue weighted by Crippen LogP contribution is 2.25. The number of hydrogen-bond donors (Lipinski definition) is 3. The third kappa shape index (κ3) is 7.53. The minimum atomic E-state index is 0.236. The number of aliphatic hydroxyl groups is 1. The number of aliphatic hydroxyl groups excluding tert-OH is 1. The van der Waals surface area contributed by atoms with Crippen LogP contribution in [0.15, 0.2) is 27.7 Å². The predicted molar refractivity (Wildman–Crippen MR) is 104 cm³/mol. The molecule has 0 amide bonds. The van der Waals surface area contributed by atoms with Gasteiger partial charge in [-0.3, -0.25) is 0 Å². The number of methoxy groups -OCH3 is 1. The van der Waals surface area contributed by atoms with Crippen LogP contribution >= 0.6 is 15.9 Å². The Balaban J connectivity index is 2.65. The van der Waals surface area contributed by atoms with Gasteiger partial charge in [0.15, 0.2) is 5.96 Å². The van der Waals surface area contributed by atoms with Gasteiger partial charge in [-0.15, -0.1) is 0 Å². The molecule has 0 radical (unpaired) electrons. The number of nitrogens with zero attached hydrogens (tertiary/aromatic N) is 1. The Morgan fingerprint density at radius 2 is 2.08 bits per heavy atom. The number of hydrogen-bond acceptors (Lipinski definition) is 3. The van der Waals surface area contributed by atoms with E-state index in [1.165, 1.54) is 0 Å². The molecule has 24 heavy (non-hydrogen) atoms. The lowest BCUT2D eigenvalue weighted by molar-refractivity contribution is 0.251. The summed E-state index contributed by atoms with van der Waals surface area (Å²) in [5.41, 5.74) is 1.11. The van der Waals surface area contributed by atoms with Gasteiger partial charge in [0.25, 0.3) is 0 Å². The SMILES string of the molecule is CCCC(CCO)CNC(=NCc1ccc(OC)c(Br)c1)NCC. The monoisotopic (exact) mass is 399 g/mol. The number of nitrogens with one attached hydrogen (secondary N) is 2. The van der Waals surface area contributed by atoms with Crippen LogP contribution in [-0.2, 0) is 6.54 Å². The second-order valence-corrected chi connectivity index (χ2v) is 6.57. The van der Waals surface area contributed by atoms with E-state index in [1.54, 1.807) is 7.11 Å². The number of rotatable bonds is 10. The largest absolute Gasteiger partial charge is 0.496 e. The second kappa shape index (κ2) is 12.1. The molecule has 1 atom stereocenters. The summed E-state index contributed by atoms with van der Waals surface area (Å²) in [5.74, 6) is 2.10. The van der Waals surface area contributed by atoms with Gasteiger partial charge in [0.1, 0.15) is 5.75 Å². The van der Waals surface area contributed by atoms with E-state index < -0.39 is 0 Å². The third-order valence-electron chi connectivity index (χ3n) is 3.77. The number of aliphatic imine (C=N–C) groups is 1. The molecule has 1 aromatic rings. The van der Waals surface area contributed by atoms with Gasteiger partial charge in [-0.25, -0.2) is 4.99 Å². The van der Waals surface area contributed by atoms with Crippen molar-refractivity contribution in [3.05, 3.63) is 28.2 Å². The Labute approximate surface area is 154 Å². The molecular weight excluding hydrogens is 370 g/mol. The summed E-state index contributed by atoms with van der Waals surface area (Å²) in [7, 11) is 1.66. The van der Waals surface area contributed by atoms with Crippen molar-refractivity contribution in [1.29, 1.82) is 0 Å². The Hall–Kier alpha value is -1.27. The number of benzene rings is 1. The van der Waals surface area contributed by atoms with Crippen LogP contribution in [0.4, 0.5) is 0 Å². The van der Waals surface area contributed by atoms with Gasteiger partial charge in [-0.2, -0.15) is 0 Å². The molecule has 6 heteroatoms. The Morgan fingerprint density at radius 3 is 2.67 bits per heavy atom. The Kier molecular flexibility index (Phi) is 10.5. The zero-order valence-electron chi connectivity index (χ0n) is 14.9.